The molecule has 0 bridgehead atoms. The summed E-state index contributed by atoms with van der Waals surface area (Å²) in [5.41, 5.74) is 10.1. The van der Waals surface area contributed by atoms with Crippen molar-refractivity contribution in [3.63, 3.8) is 0 Å². The minimum atomic E-state index is -0.125. The summed E-state index contributed by atoms with van der Waals surface area (Å²) < 4.78 is 0. The molecule has 0 aliphatic heterocycles. The van der Waals surface area contributed by atoms with Crippen LogP contribution in [0.15, 0.2) is 212 Å². The molecule has 0 atom stereocenters. The van der Waals surface area contributed by atoms with Crippen LogP contribution in [0.25, 0.3) is 66.3 Å². The van der Waals surface area contributed by atoms with Crippen molar-refractivity contribution in [2.24, 2.45) is 0 Å². The van der Waals surface area contributed by atoms with E-state index in [-0.39, 0.29) is 88.8 Å². The summed E-state index contributed by atoms with van der Waals surface area (Å²) in [6.45, 7) is 12.3. The topological polar surface area (TPSA) is 100 Å². The van der Waals surface area contributed by atoms with Gasteiger partial charge < -0.3 is 20.2 Å². The number of carbonyl (C=O) groups excluding carboxylic acids is 2. The first-order chi connectivity index (χ1) is 32.7. The Bertz CT molecular complexity index is 2980. The monoisotopic (exact) mass is 1470 g/mol. The fourth-order valence-electron chi connectivity index (χ4n) is 6.74. The third kappa shape index (κ3) is 20.5. The fraction of sp³-hybridized carbons (Fsp3) is 0.129. The number of aromatic nitrogens is 2. The van der Waals surface area contributed by atoms with Crippen molar-refractivity contribution < 1.29 is 80.1 Å². The Hall–Kier alpha value is -6.27. The molecule has 0 saturated carbocycles. The molecule has 0 unspecified atom stereocenters. The predicted molar refractivity (Wildman–Crippen MR) is 280 cm³/mol. The molecule has 0 spiro atoms. The number of nitrogens with zero attached hydrogens (tertiary/aromatic N) is 2. The van der Waals surface area contributed by atoms with Crippen LogP contribution in [0.4, 0.5) is 0 Å². The van der Waals surface area contributed by atoms with E-state index in [4.69, 9.17) is 10.2 Å². The van der Waals surface area contributed by atoms with E-state index >= 15 is 0 Å². The van der Waals surface area contributed by atoms with E-state index in [1.807, 2.05) is 85.1 Å². The van der Waals surface area contributed by atoms with Crippen LogP contribution in [0, 0.1) is 24.3 Å². The first kappa shape index (κ1) is 60.8. The van der Waals surface area contributed by atoms with Gasteiger partial charge in [0.05, 0.1) is 11.5 Å². The number of rotatable bonds is 6. The summed E-state index contributed by atoms with van der Waals surface area (Å²) >= 11 is 0. The van der Waals surface area contributed by atoms with E-state index in [0.29, 0.717) is 0 Å². The van der Waals surface area contributed by atoms with Crippen molar-refractivity contribution in [3.8, 4) is 44.8 Å². The van der Waals surface area contributed by atoms with Crippen molar-refractivity contribution in [2.45, 2.75) is 53.9 Å². The van der Waals surface area contributed by atoms with E-state index < -0.39 is 0 Å². The molecule has 2 heterocycles. The molecule has 6 nitrogen and oxygen atoms in total. The fourth-order valence-corrected chi connectivity index (χ4v) is 6.74. The molecule has 9 heteroatoms. The van der Waals surface area contributed by atoms with Crippen LogP contribution < -0.4 is 0 Å². The first-order valence-corrected chi connectivity index (χ1v) is 22.2. The van der Waals surface area contributed by atoms with Gasteiger partial charge in [-0.1, -0.05) is 111 Å². The molecule has 2 N–H and O–H groups in total. The van der Waals surface area contributed by atoms with Gasteiger partial charge in [0.2, 0.25) is 0 Å². The number of aliphatic hydroxyl groups excluding tert-OH is 2. The van der Waals surface area contributed by atoms with Crippen molar-refractivity contribution >= 4 is 33.1 Å². The maximum absolute atomic E-state index is 10.0. The Kier molecular flexibility index (Phi) is 26.7. The number of allylic oxidation sites excluding steroid dienone is 4. The minimum Gasteiger partial charge on any atom is -0.512 e. The van der Waals surface area contributed by atoms with Gasteiger partial charge >= 0.3 is 0 Å². The number of ketones is 2. The van der Waals surface area contributed by atoms with Gasteiger partial charge in [0, 0.05) is 84.9 Å². The zero-order valence-corrected chi connectivity index (χ0v) is 47.8. The van der Waals surface area contributed by atoms with Crippen molar-refractivity contribution in [1.29, 1.82) is 0 Å². The summed E-state index contributed by atoms with van der Waals surface area (Å²) in [5.74, 6) is -0.125. The SMILES string of the molecule is CC(=O)C=C(C)O.CC(=O)C=C(C)O.CC(C)(C)c1c[c-]c(-c2nccc3ccccc23)cc1.[Ir].[Ir].[Ir].[c-]1ccc(-c2ccccc2)cc1-c1ccccn1.[c-]1ccccc1-c1[c-]c2ccccc2cc1. The van der Waals surface area contributed by atoms with E-state index in [0.717, 1.165) is 39.0 Å². The zero-order chi connectivity index (χ0) is 48.9. The van der Waals surface area contributed by atoms with Crippen LogP contribution in [0.3, 0.4) is 0 Å². The van der Waals surface area contributed by atoms with Crippen LogP contribution in [0.5, 0.6) is 0 Å². The van der Waals surface area contributed by atoms with Gasteiger partial charge in [-0.05, 0) is 73.0 Å². The van der Waals surface area contributed by atoms with Gasteiger partial charge in [-0.3, -0.25) is 9.59 Å². The first-order valence-electron chi connectivity index (χ1n) is 22.2. The standard InChI is InChI=1S/C19H18N.C17H12N.C16H10.2C5H8O2.3Ir/c1-19(2,3)16-10-8-15(9-11-16)18-17-7-5-4-6-14(17)12-13-20-18;1-2-7-14(8-3-1)15-9-6-10-16(13-15)17-11-4-5-12-18-17;1-2-6-13(7-3-1)16-11-10-14-8-4-5-9-15(14)12-16;2*1-4(6)3-5(2)7;;;/h4-8,10-13H,1-3H3;1-9,11-13H;1-6,8-11H;2*3,6H,1-2H3;;;/q2*-1;-2;;;;;. The summed E-state index contributed by atoms with van der Waals surface area (Å²) in [7, 11) is 0. The van der Waals surface area contributed by atoms with Crippen LogP contribution in [0.1, 0.15) is 54.0 Å². The summed E-state index contributed by atoms with van der Waals surface area (Å²) in [6, 6.07) is 72.9. The van der Waals surface area contributed by atoms with Gasteiger partial charge in [-0.25, -0.2) is 5.56 Å². The van der Waals surface area contributed by atoms with Gasteiger partial charge in [0.1, 0.15) is 0 Å². The minimum absolute atomic E-state index is 0. The Morgan fingerprint density at radius 3 is 1.69 bits per heavy atom. The second-order valence-corrected chi connectivity index (χ2v) is 16.7. The maximum Gasteiger partial charge on any atom is 0.155 e. The zero-order valence-electron chi connectivity index (χ0n) is 40.7. The quantitative estimate of drug-likeness (QED) is 0.0977. The van der Waals surface area contributed by atoms with Crippen LogP contribution in [0.2, 0.25) is 0 Å². The van der Waals surface area contributed by atoms with Gasteiger partial charge in [-0.2, -0.15) is 42.0 Å². The van der Waals surface area contributed by atoms with Crippen LogP contribution in [-0.4, -0.2) is 31.7 Å². The molecular formula is C62H56Ir3N2O4-4. The Morgan fingerprint density at radius 1 is 0.507 bits per heavy atom. The smallest absolute Gasteiger partial charge is 0.155 e. The molecule has 0 saturated heterocycles. The molecule has 2 aromatic heterocycles. The number of carbonyl (C=O) groups is 2. The van der Waals surface area contributed by atoms with E-state index in [1.165, 1.54) is 72.7 Å². The predicted octanol–water partition coefficient (Wildman–Crippen LogP) is 15.4. The molecule has 0 fully saturated rings. The summed E-state index contributed by atoms with van der Waals surface area (Å²) in [6.07, 6.45) is 6.00. The molecule has 7 aromatic carbocycles. The molecular weight excluding hydrogens is 1410 g/mol. The molecule has 9 aromatic rings. The second-order valence-electron chi connectivity index (χ2n) is 16.7. The molecule has 0 aliphatic carbocycles. The second kappa shape index (κ2) is 31.1. The van der Waals surface area contributed by atoms with Crippen molar-refractivity contribution in [2.75, 3.05) is 0 Å². The molecule has 3 radical (unpaired) electrons. The number of fused-ring (bicyclic) bond motifs is 2. The Morgan fingerprint density at radius 2 is 1.11 bits per heavy atom. The number of hydrogen-bond donors (Lipinski definition) is 2. The van der Waals surface area contributed by atoms with E-state index in [2.05, 4.69) is 152 Å². The van der Waals surface area contributed by atoms with Gasteiger partial charge in [0.15, 0.2) is 11.6 Å². The third-order valence-corrected chi connectivity index (χ3v) is 9.94. The van der Waals surface area contributed by atoms with Gasteiger partial charge in [-0.15, -0.1) is 94.4 Å². The Balaban J connectivity index is 0.000000318. The average Bonchev–Trinajstić information content (AvgIpc) is 3.34. The molecule has 369 valence electrons. The van der Waals surface area contributed by atoms with Crippen molar-refractivity contribution in [3.05, 3.63) is 242 Å². The normalized spacial score (nSPS) is 10.5. The number of aliphatic hydroxyl groups is 2. The van der Waals surface area contributed by atoms with Crippen LogP contribution in [-0.2, 0) is 75.3 Å². The van der Waals surface area contributed by atoms with Gasteiger partial charge in [0.25, 0.3) is 0 Å². The van der Waals surface area contributed by atoms with Crippen LogP contribution >= 0.6 is 0 Å². The molecule has 9 rings (SSSR count). The summed E-state index contributed by atoms with van der Waals surface area (Å²) in [4.78, 5) is 28.9. The van der Waals surface area contributed by atoms with Crippen molar-refractivity contribution in [1.82, 2.24) is 9.97 Å². The molecule has 0 aliphatic rings. The third-order valence-electron chi connectivity index (χ3n) is 9.94. The molecule has 71 heavy (non-hydrogen) atoms. The maximum atomic E-state index is 10.0. The Labute approximate surface area is 460 Å². The molecule has 0 amide bonds. The number of benzene rings is 7. The average molecular weight is 1470 g/mol. The van der Waals surface area contributed by atoms with E-state index in [1.54, 1.807) is 6.20 Å². The largest absolute Gasteiger partial charge is 0.512 e. The number of hydrogen-bond acceptors (Lipinski definition) is 6. The number of pyridine rings is 2. The summed E-state index contributed by atoms with van der Waals surface area (Å²) in [5, 5.41) is 21.5. The van der Waals surface area contributed by atoms with E-state index in [9.17, 15) is 9.59 Å².